The minimum absolute atomic E-state index is 0. The van der Waals surface area contributed by atoms with Crippen LogP contribution in [0.3, 0.4) is 0 Å². The van der Waals surface area contributed by atoms with E-state index < -0.39 is 10.3 Å². The average Bonchev–Trinajstić information content (AvgIpc) is 2.04. The summed E-state index contributed by atoms with van der Waals surface area (Å²) in [6.45, 7) is 3.49. The largest absolute Gasteiger partial charge is 0.870 e. The molecular weight excluding hydrogens is 206 g/mol. The molecule has 1 heterocycles. The van der Waals surface area contributed by atoms with Crippen molar-refractivity contribution in [1.29, 1.82) is 0 Å². The van der Waals surface area contributed by atoms with Gasteiger partial charge in [-0.05, 0) is 0 Å². The molecule has 1 aromatic heterocycles. The Labute approximate surface area is 82.5 Å². The van der Waals surface area contributed by atoms with Crippen molar-refractivity contribution < 1.29 is 22.4 Å². The maximum absolute atomic E-state index is 10.8. The minimum Gasteiger partial charge on any atom is -0.870 e. The normalized spacial score (nSPS) is 10.4. The van der Waals surface area contributed by atoms with Gasteiger partial charge in [0, 0.05) is 12.1 Å². The summed E-state index contributed by atoms with van der Waals surface area (Å²) in [4.78, 5) is 0. The topological polar surface area (TPSA) is 88.2 Å². The molecule has 1 aromatic rings. The summed E-state index contributed by atoms with van der Waals surface area (Å²) in [5, 5.41) is 0. The predicted molar refractivity (Wildman–Crippen MR) is 49.4 cm³/mol. The van der Waals surface area contributed by atoms with Crippen LogP contribution in [0.15, 0.2) is 37.1 Å². The molecule has 14 heavy (non-hydrogen) atoms. The summed E-state index contributed by atoms with van der Waals surface area (Å²) < 4.78 is 31.2. The molecule has 1 rings (SSSR count). The molecule has 0 fully saturated rings. The zero-order valence-electron chi connectivity index (χ0n) is 7.37. The quantitative estimate of drug-likeness (QED) is 0.444. The van der Waals surface area contributed by atoms with Gasteiger partial charge in [0.1, 0.15) is 0 Å². The molecular formula is C8H11NO4S. The van der Waals surface area contributed by atoms with Crippen molar-refractivity contribution in [2.24, 2.45) is 0 Å². The van der Waals surface area contributed by atoms with Crippen LogP contribution in [0.25, 0.3) is 0 Å². The first-order valence-electron chi connectivity index (χ1n) is 3.64. The highest BCUT2D eigenvalue weighted by Crippen LogP contribution is 1.94. The van der Waals surface area contributed by atoms with E-state index in [-0.39, 0.29) is 5.48 Å². The second-order valence-electron chi connectivity index (χ2n) is 2.46. The van der Waals surface area contributed by atoms with Crippen LogP contribution in [-0.2, 0) is 16.7 Å². The van der Waals surface area contributed by atoms with E-state index in [2.05, 4.69) is 6.58 Å². The molecule has 6 heteroatoms. The fourth-order valence-corrected chi connectivity index (χ4v) is 1.65. The molecule has 0 aliphatic heterocycles. The molecule has 0 spiro atoms. The van der Waals surface area contributed by atoms with Crippen molar-refractivity contribution in [3.05, 3.63) is 42.7 Å². The Morgan fingerprint density at radius 1 is 1.50 bits per heavy atom. The van der Waals surface area contributed by atoms with Gasteiger partial charge in [-0.25, -0.2) is 4.55 Å². The highest BCUT2D eigenvalue weighted by Gasteiger charge is 2.21. The Bertz CT molecular complexity index is 413. The zero-order chi connectivity index (χ0) is 9.90. The molecule has 0 aromatic carbocycles. The molecule has 2 N–H and O–H groups in total. The van der Waals surface area contributed by atoms with Crippen molar-refractivity contribution in [1.82, 2.24) is 0 Å². The SMILES string of the molecule is C=CCc1cccc[n+]1S(=O)(=O)O.[OH-]. The smallest absolute Gasteiger partial charge is 0.511 e. The van der Waals surface area contributed by atoms with Gasteiger partial charge in [0.15, 0.2) is 6.20 Å². The van der Waals surface area contributed by atoms with Gasteiger partial charge in [-0.3, -0.25) is 0 Å². The van der Waals surface area contributed by atoms with Crippen molar-refractivity contribution in [3.63, 3.8) is 0 Å². The van der Waals surface area contributed by atoms with E-state index >= 15 is 0 Å². The molecule has 0 unspecified atom stereocenters. The average molecular weight is 217 g/mol. The number of hydrogen-bond donors (Lipinski definition) is 1. The summed E-state index contributed by atoms with van der Waals surface area (Å²) in [5.41, 5.74) is 0.472. The van der Waals surface area contributed by atoms with Crippen molar-refractivity contribution in [3.8, 4) is 0 Å². The lowest BCUT2D eigenvalue weighted by Crippen LogP contribution is -2.45. The molecule has 0 saturated heterocycles. The fraction of sp³-hybridized carbons (Fsp3) is 0.125. The van der Waals surface area contributed by atoms with Crippen LogP contribution in [0, 0.1) is 0 Å². The number of aromatic nitrogens is 1. The number of allylic oxidation sites excluding steroid dienone is 1. The molecule has 0 atom stereocenters. The molecule has 0 aliphatic rings. The van der Waals surface area contributed by atoms with E-state index in [9.17, 15) is 8.42 Å². The van der Waals surface area contributed by atoms with Gasteiger partial charge in [0.2, 0.25) is 5.69 Å². The highest BCUT2D eigenvalue weighted by atomic mass is 32.2. The van der Waals surface area contributed by atoms with Gasteiger partial charge in [-0.2, -0.15) is 0 Å². The third-order valence-electron chi connectivity index (χ3n) is 1.51. The highest BCUT2D eigenvalue weighted by molar-refractivity contribution is 7.79. The molecule has 0 aliphatic carbocycles. The Kier molecular flexibility index (Phi) is 4.42. The first-order valence-corrected chi connectivity index (χ1v) is 5.04. The van der Waals surface area contributed by atoms with Crippen LogP contribution in [0.1, 0.15) is 5.69 Å². The van der Waals surface area contributed by atoms with Gasteiger partial charge >= 0.3 is 10.3 Å². The summed E-state index contributed by atoms with van der Waals surface area (Å²) in [6, 6.07) is 4.83. The zero-order valence-corrected chi connectivity index (χ0v) is 8.18. The van der Waals surface area contributed by atoms with Crippen molar-refractivity contribution in [2.75, 3.05) is 0 Å². The van der Waals surface area contributed by atoms with Gasteiger partial charge < -0.3 is 5.48 Å². The summed E-state index contributed by atoms with van der Waals surface area (Å²) >= 11 is 0. The standard InChI is InChI=1S/C8H9NO3S.H2O/c1-2-5-8-6-3-4-7-9(8)13(10,11)12;/h2-4,6-7H,1,5H2;1H2. The Balaban J connectivity index is 0.00000169. The maximum atomic E-state index is 10.8. The van der Waals surface area contributed by atoms with Gasteiger partial charge in [0.25, 0.3) is 0 Å². The van der Waals surface area contributed by atoms with Crippen molar-refractivity contribution in [2.45, 2.75) is 6.42 Å². The number of rotatable bonds is 3. The molecule has 0 amide bonds. The third kappa shape index (κ3) is 2.91. The Morgan fingerprint density at radius 2 is 2.14 bits per heavy atom. The Morgan fingerprint density at radius 3 is 2.64 bits per heavy atom. The molecule has 0 saturated carbocycles. The van der Waals surface area contributed by atoms with Gasteiger partial charge in [0.05, 0.1) is 6.42 Å². The van der Waals surface area contributed by atoms with E-state index in [0.717, 1.165) is 3.97 Å². The van der Waals surface area contributed by atoms with E-state index in [4.69, 9.17) is 4.55 Å². The monoisotopic (exact) mass is 217 g/mol. The van der Waals surface area contributed by atoms with Gasteiger partial charge in [-0.1, -0.05) is 16.1 Å². The minimum atomic E-state index is -4.19. The van der Waals surface area contributed by atoms with Gasteiger partial charge in [-0.15, -0.1) is 15.0 Å². The van der Waals surface area contributed by atoms with Crippen LogP contribution < -0.4 is 3.97 Å². The second-order valence-corrected chi connectivity index (χ2v) is 3.75. The Hall–Kier alpha value is -1.24. The molecule has 78 valence electrons. The lowest BCUT2D eigenvalue weighted by Gasteiger charge is -1.95. The van der Waals surface area contributed by atoms with Crippen LogP contribution in [0.2, 0.25) is 0 Å². The summed E-state index contributed by atoms with van der Waals surface area (Å²) in [7, 11) is -4.19. The van der Waals surface area contributed by atoms with E-state index in [1.807, 2.05) is 0 Å². The molecule has 0 radical (unpaired) electrons. The van der Waals surface area contributed by atoms with E-state index in [0.29, 0.717) is 12.1 Å². The lowest BCUT2D eigenvalue weighted by molar-refractivity contribution is -0.528. The summed E-state index contributed by atoms with van der Waals surface area (Å²) in [5.74, 6) is 0. The van der Waals surface area contributed by atoms with Crippen LogP contribution >= 0.6 is 0 Å². The third-order valence-corrected chi connectivity index (χ3v) is 2.36. The van der Waals surface area contributed by atoms with Crippen LogP contribution in [0.5, 0.6) is 0 Å². The first kappa shape index (κ1) is 12.8. The first-order chi connectivity index (χ1) is 6.05. The fourth-order valence-electron chi connectivity index (χ4n) is 0.995. The predicted octanol–water partition coefficient (Wildman–Crippen LogP) is 0.177. The number of nitrogens with zero attached hydrogens (tertiary/aromatic N) is 1. The number of hydrogen-bond acceptors (Lipinski definition) is 3. The maximum Gasteiger partial charge on any atom is 0.511 e. The lowest BCUT2D eigenvalue weighted by atomic mass is 10.3. The van der Waals surface area contributed by atoms with E-state index in [1.54, 1.807) is 18.2 Å². The van der Waals surface area contributed by atoms with Crippen molar-refractivity contribution >= 4 is 10.3 Å². The van der Waals surface area contributed by atoms with Crippen LogP contribution in [0.4, 0.5) is 0 Å². The summed E-state index contributed by atoms with van der Waals surface area (Å²) in [6.07, 6.45) is 3.24. The molecule has 5 nitrogen and oxygen atoms in total. The number of pyridine rings is 1. The molecule has 0 bridgehead atoms. The second kappa shape index (κ2) is 4.85. The van der Waals surface area contributed by atoms with Crippen LogP contribution in [-0.4, -0.2) is 18.4 Å². The van der Waals surface area contributed by atoms with E-state index in [1.165, 1.54) is 12.3 Å².